The molecule has 9 heavy (non-hydrogen) atoms. The van der Waals surface area contributed by atoms with Gasteiger partial charge < -0.3 is 4.74 Å². The molecule has 1 aliphatic rings. The lowest BCUT2D eigenvalue weighted by molar-refractivity contribution is 0.136. The van der Waals surface area contributed by atoms with Crippen LogP contribution in [-0.2, 0) is 4.74 Å². The predicted molar refractivity (Wildman–Crippen MR) is 45.0 cm³/mol. The van der Waals surface area contributed by atoms with Gasteiger partial charge in [0.2, 0.25) is 0 Å². The summed E-state index contributed by atoms with van der Waals surface area (Å²) in [5.74, 6) is 0.910. The Morgan fingerprint density at radius 3 is 2.44 bits per heavy atom. The molecular weight excluding hydrogens is 152 g/mol. The Morgan fingerprint density at radius 1 is 1.78 bits per heavy atom. The molecule has 0 saturated carbocycles. The summed E-state index contributed by atoms with van der Waals surface area (Å²) in [5, 5.41) is 0.112. The van der Waals surface area contributed by atoms with Gasteiger partial charge in [-0.05, 0) is 19.9 Å². The van der Waals surface area contributed by atoms with Gasteiger partial charge in [0.1, 0.15) is 0 Å². The van der Waals surface area contributed by atoms with Gasteiger partial charge in [-0.3, -0.25) is 0 Å². The van der Waals surface area contributed by atoms with E-state index in [0.29, 0.717) is 0 Å². The zero-order chi connectivity index (χ0) is 7.07. The Balaban J connectivity index is 2.71. The highest BCUT2D eigenvalue weighted by atomic mass is 32.1. The zero-order valence-electron chi connectivity index (χ0n) is 5.46. The van der Waals surface area contributed by atoms with E-state index in [-0.39, 0.29) is 5.25 Å². The Bertz CT molecular complexity index is 151. The molecule has 0 aromatic carbocycles. The van der Waals surface area contributed by atoms with E-state index >= 15 is 0 Å². The van der Waals surface area contributed by atoms with E-state index in [4.69, 9.17) is 4.74 Å². The molecular formula is C6H10OS2. The molecule has 0 amide bonds. The molecule has 1 rings (SSSR count). The number of thiol groups is 2. The predicted octanol–water partition coefficient (Wildman–Crippen LogP) is 1.86. The van der Waals surface area contributed by atoms with Crippen LogP contribution in [0, 0.1) is 0 Å². The molecule has 0 spiro atoms. The van der Waals surface area contributed by atoms with Crippen molar-refractivity contribution in [2.75, 3.05) is 0 Å². The molecule has 0 radical (unpaired) electrons. The first-order chi connectivity index (χ1) is 4.02. The Hall–Kier alpha value is 0.240. The third-order valence-electron chi connectivity index (χ3n) is 1.31. The summed E-state index contributed by atoms with van der Waals surface area (Å²) in [4.78, 5) is -0.410. The first-order valence-corrected chi connectivity index (χ1v) is 3.76. The van der Waals surface area contributed by atoms with Crippen molar-refractivity contribution in [2.24, 2.45) is 0 Å². The maximum atomic E-state index is 5.31. The van der Waals surface area contributed by atoms with Crippen molar-refractivity contribution in [1.82, 2.24) is 0 Å². The van der Waals surface area contributed by atoms with Gasteiger partial charge in [0, 0.05) is 0 Å². The van der Waals surface area contributed by atoms with Gasteiger partial charge in [-0.2, -0.15) is 12.6 Å². The summed E-state index contributed by atoms with van der Waals surface area (Å²) < 4.78 is 5.31. The number of hydrogen-bond acceptors (Lipinski definition) is 3. The van der Waals surface area contributed by atoms with Gasteiger partial charge in [0.15, 0.2) is 4.93 Å². The highest BCUT2D eigenvalue weighted by Gasteiger charge is 2.33. The molecule has 0 aliphatic carbocycles. The van der Waals surface area contributed by atoms with Crippen LogP contribution in [-0.4, -0.2) is 10.2 Å². The summed E-state index contributed by atoms with van der Waals surface area (Å²) in [5.41, 5.74) is 0. The average molecular weight is 162 g/mol. The molecule has 0 bridgehead atoms. The maximum Gasteiger partial charge on any atom is 0.163 e. The highest BCUT2D eigenvalue weighted by molar-refractivity contribution is 7.85. The second-order valence-electron chi connectivity index (χ2n) is 2.38. The van der Waals surface area contributed by atoms with Crippen molar-refractivity contribution in [3.05, 3.63) is 11.8 Å². The molecule has 2 atom stereocenters. The normalized spacial score (nSPS) is 42.2. The first kappa shape index (κ1) is 7.35. The summed E-state index contributed by atoms with van der Waals surface area (Å²) in [7, 11) is 0. The minimum absolute atomic E-state index is 0.112. The van der Waals surface area contributed by atoms with Crippen molar-refractivity contribution >= 4 is 25.3 Å². The van der Waals surface area contributed by atoms with Crippen molar-refractivity contribution in [3.8, 4) is 0 Å². The van der Waals surface area contributed by atoms with E-state index in [1.165, 1.54) is 0 Å². The van der Waals surface area contributed by atoms with Crippen molar-refractivity contribution in [2.45, 2.75) is 24.0 Å². The van der Waals surface area contributed by atoms with Crippen LogP contribution in [0.1, 0.15) is 13.8 Å². The maximum absolute atomic E-state index is 5.31. The van der Waals surface area contributed by atoms with Crippen molar-refractivity contribution in [3.63, 3.8) is 0 Å². The number of rotatable bonds is 0. The van der Waals surface area contributed by atoms with Crippen LogP contribution in [0.15, 0.2) is 11.8 Å². The van der Waals surface area contributed by atoms with Crippen LogP contribution in [0.2, 0.25) is 0 Å². The topological polar surface area (TPSA) is 9.23 Å². The van der Waals surface area contributed by atoms with Gasteiger partial charge in [0.05, 0.1) is 11.0 Å². The average Bonchev–Trinajstić information content (AvgIpc) is 1.79. The minimum atomic E-state index is -0.410. The molecule has 0 unspecified atom stereocenters. The van der Waals surface area contributed by atoms with E-state index in [0.717, 1.165) is 5.76 Å². The van der Waals surface area contributed by atoms with E-state index in [1.807, 2.05) is 19.9 Å². The Labute approximate surface area is 66.3 Å². The van der Waals surface area contributed by atoms with Crippen LogP contribution in [0.25, 0.3) is 0 Å². The lowest BCUT2D eigenvalue weighted by Gasteiger charge is -2.21. The van der Waals surface area contributed by atoms with Crippen molar-refractivity contribution in [1.29, 1.82) is 0 Å². The summed E-state index contributed by atoms with van der Waals surface area (Å²) in [6, 6.07) is 0. The lowest BCUT2D eigenvalue weighted by atomic mass is 10.3. The number of hydrogen-bond donors (Lipinski definition) is 2. The van der Waals surface area contributed by atoms with Crippen molar-refractivity contribution < 1.29 is 4.74 Å². The van der Waals surface area contributed by atoms with Gasteiger partial charge in [-0.15, -0.1) is 12.6 Å². The SMILES string of the molecule is CC1=C[C@H](S)[C@](C)(S)O1. The fourth-order valence-electron chi connectivity index (χ4n) is 0.797. The smallest absolute Gasteiger partial charge is 0.163 e. The fourth-order valence-corrected chi connectivity index (χ4v) is 1.28. The van der Waals surface area contributed by atoms with E-state index < -0.39 is 4.93 Å². The summed E-state index contributed by atoms with van der Waals surface area (Å²) >= 11 is 8.51. The molecule has 1 heterocycles. The van der Waals surface area contributed by atoms with E-state index in [1.54, 1.807) is 0 Å². The Morgan fingerprint density at radius 2 is 2.33 bits per heavy atom. The second kappa shape index (κ2) is 2.13. The van der Waals surface area contributed by atoms with E-state index in [9.17, 15) is 0 Å². The first-order valence-electron chi connectivity index (χ1n) is 2.80. The largest absolute Gasteiger partial charge is 0.481 e. The van der Waals surface area contributed by atoms with Gasteiger partial charge in [-0.25, -0.2) is 0 Å². The summed E-state index contributed by atoms with van der Waals surface area (Å²) in [6.07, 6.45) is 1.95. The van der Waals surface area contributed by atoms with Crippen LogP contribution in [0.4, 0.5) is 0 Å². The third-order valence-corrected chi connectivity index (χ3v) is 2.52. The molecule has 52 valence electrons. The van der Waals surface area contributed by atoms with Crippen LogP contribution in [0.5, 0.6) is 0 Å². The van der Waals surface area contributed by atoms with Crippen LogP contribution >= 0.6 is 25.3 Å². The quantitative estimate of drug-likeness (QED) is 0.517. The molecule has 1 nitrogen and oxygen atoms in total. The minimum Gasteiger partial charge on any atom is -0.481 e. The second-order valence-corrected chi connectivity index (χ2v) is 3.82. The molecule has 0 aromatic heterocycles. The molecule has 1 aliphatic heterocycles. The molecule has 0 N–H and O–H groups in total. The number of ether oxygens (including phenoxy) is 1. The van der Waals surface area contributed by atoms with Crippen LogP contribution in [0.3, 0.4) is 0 Å². The van der Waals surface area contributed by atoms with Gasteiger partial charge >= 0.3 is 0 Å². The third kappa shape index (κ3) is 1.38. The number of allylic oxidation sites excluding steroid dienone is 1. The van der Waals surface area contributed by atoms with E-state index in [2.05, 4.69) is 25.3 Å². The fraction of sp³-hybridized carbons (Fsp3) is 0.667. The lowest BCUT2D eigenvalue weighted by Crippen LogP contribution is -2.25. The molecule has 3 heteroatoms. The monoisotopic (exact) mass is 162 g/mol. The zero-order valence-corrected chi connectivity index (χ0v) is 7.25. The van der Waals surface area contributed by atoms with Gasteiger partial charge in [0.25, 0.3) is 0 Å². The Kier molecular flexibility index (Phi) is 1.74. The molecule has 0 saturated heterocycles. The highest BCUT2D eigenvalue weighted by Crippen LogP contribution is 2.34. The molecule has 0 aromatic rings. The summed E-state index contributed by atoms with van der Waals surface area (Å²) in [6.45, 7) is 3.81. The molecule has 0 fully saturated rings. The standard InChI is InChI=1S/C6H10OS2/c1-4-3-5(8)6(2,9)7-4/h3,5,8-9H,1-2H3/t5-,6-/m0/s1. The van der Waals surface area contributed by atoms with Crippen LogP contribution < -0.4 is 0 Å². The van der Waals surface area contributed by atoms with Gasteiger partial charge in [-0.1, -0.05) is 0 Å².